The highest BCUT2D eigenvalue weighted by molar-refractivity contribution is 9.10. The lowest BCUT2D eigenvalue weighted by molar-refractivity contribution is 0.175. The van der Waals surface area contributed by atoms with Crippen molar-refractivity contribution in [1.82, 2.24) is 9.78 Å². The Bertz CT molecular complexity index is 578. The number of hydrogen-bond acceptors (Lipinski definition) is 2. The number of benzene rings is 1. The van der Waals surface area contributed by atoms with Crippen LogP contribution in [-0.4, -0.2) is 14.9 Å². The zero-order valence-electron chi connectivity index (χ0n) is 11.5. The predicted octanol–water partition coefficient (Wildman–Crippen LogP) is 3.56. The van der Waals surface area contributed by atoms with Crippen LogP contribution >= 0.6 is 15.9 Å². The van der Waals surface area contributed by atoms with E-state index in [1.807, 2.05) is 42.8 Å². The van der Waals surface area contributed by atoms with E-state index in [2.05, 4.69) is 28.0 Å². The molecule has 0 bridgehead atoms. The lowest BCUT2D eigenvalue weighted by Gasteiger charge is -2.13. The van der Waals surface area contributed by atoms with Gasteiger partial charge in [0.25, 0.3) is 0 Å². The van der Waals surface area contributed by atoms with Crippen LogP contribution in [0.1, 0.15) is 35.5 Å². The SMILES string of the molecule is CCn1nc(C)cc1CC(O)c1ccc(Br)c(C)c1. The van der Waals surface area contributed by atoms with Gasteiger partial charge in [0.2, 0.25) is 0 Å². The quantitative estimate of drug-likeness (QED) is 0.934. The van der Waals surface area contributed by atoms with Crippen LogP contribution in [0.2, 0.25) is 0 Å². The summed E-state index contributed by atoms with van der Waals surface area (Å²) in [5, 5.41) is 14.8. The summed E-state index contributed by atoms with van der Waals surface area (Å²) in [5.74, 6) is 0. The Morgan fingerprint density at radius 3 is 2.68 bits per heavy atom. The average molecular weight is 323 g/mol. The van der Waals surface area contributed by atoms with Crippen LogP contribution in [0.25, 0.3) is 0 Å². The number of halogens is 1. The van der Waals surface area contributed by atoms with Crippen molar-refractivity contribution >= 4 is 15.9 Å². The van der Waals surface area contributed by atoms with Gasteiger partial charge in [-0.1, -0.05) is 28.1 Å². The third-order valence-corrected chi connectivity index (χ3v) is 4.14. The lowest BCUT2D eigenvalue weighted by Crippen LogP contribution is -2.08. The molecule has 0 saturated carbocycles. The van der Waals surface area contributed by atoms with Gasteiger partial charge in [-0.2, -0.15) is 5.10 Å². The van der Waals surface area contributed by atoms with Gasteiger partial charge in [-0.15, -0.1) is 0 Å². The molecule has 0 aliphatic carbocycles. The molecule has 0 fully saturated rings. The Balaban J connectivity index is 2.20. The third-order valence-electron chi connectivity index (χ3n) is 3.25. The van der Waals surface area contributed by atoms with E-state index in [9.17, 15) is 5.11 Å². The van der Waals surface area contributed by atoms with Gasteiger partial charge in [0.1, 0.15) is 0 Å². The van der Waals surface area contributed by atoms with E-state index < -0.39 is 6.10 Å². The van der Waals surface area contributed by atoms with Gasteiger partial charge in [-0.3, -0.25) is 4.68 Å². The number of nitrogens with zero attached hydrogens (tertiary/aromatic N) is 2. The van der Waals surface area contributed by atoms with Crippen LogP contribution in [0.5, 0.6) is 0 Å². The summed E-state index contributed by atoms with van der Waals surface area (Å²) in [6.07, 6.45) is 0.101. The molecule has 1 atom stereocenters. The van der Waals surface area contributed by atoms with Gasteiger partial charge in [0.15, 0.2) is 0 Å². The van der Waals surface area contributed by atoms with Gasteiger partial charge in [-0.05, 0) is 44.0 Å². The molecule has 2 rings (SSSR count). The van der Waals surface area contributed by atoms with Crippen molar-refractivity contribution in [1.29, 1.82) is 0 Å². The van der Waals surface area contributed by atoms with E-state index in [-0.39, 0.29) is 0 Å². The molecular formula is C15H19BrN2O. The fourth-order valence-corrected chi connectivity index (χ4v) is 2.47. The monoisotopic (exact) mass is 322 g/mol. The number of aliphatic hydroxyl groups is 1. The summed E-state index contributed by atoms with van der Waals surface area (Å²) in [4.78, 5) is 0. The summed E-state index contributed by atoms with van der Waals surface area (Å²) in [7, 11) is 0. The molecule has 2 aromatic rings. The van der Waals surface area contributed by atoms with Crippen molar-refractivity contribution < 1.29 is 5.11 Å². The number of aromatic nitrogens is 2. The Kier molecular flexibility index (Phi) is 4.42. The Labute approximate surface area is 122 Å². The molecule has 1 unspecified atom stereocenters. The van der Waals surface area contributed by atoms with Crippen LogP contribution in [-0.2, 0) is 13.0 Å². The van der Waals surface area contributed by atoms with Crippen molar-refractivity contribution in [2.45, 2.75) is 39.8 Å². The molecule has 0 radical (unpaired) electrons. The highest BCUT2D eigenvalue weighted by Crippen LogP contribution is 2.24. The summed E-state index contributed by atoms with van der Waals surface area (Å²) >= 11 is 3.48. The number of aryl methyl sites for hydroxylation is 3. The van der Waals surface area contributed by atoms with Crippen molar-refractivity contribution in [3.05, 3.63) is 51.3 Å². The zero-order valence-corrected chi connectivity index (χ0v) is 13.1. The van der Waals surface area contributed by atoms with Gasteiger partial charge in [0, 0.05) is 23.1 Å². The van der Waals surface area contributed by atoms with Crippen molar-refractivity contribution in [3.63, 3.8) is 0 Å². The summed E-state index contributed by atoms with van der Waals surface area (Å²) in [6.45, 7) is 6.90. The molecule has 1 aromatic carbocycles. The van der Waals surface area contributed by atoms with Gasteiger partial charge in [0.05, 0.1) is 11.8 Å². The molecule has 102 valence electrons. The van der Waals surface area contributed by atoms with Crippen molar-refractivity contribution in [2.24, 2.45) is 0 Å². The molecule has 1 N–H and O–H groups in total. The first-order valence-corrected chi connectivity index (χ1v) is 7.28. The molecule has 19 heavy (non-hydrogen) atoms. The molecule has 1 aromatic heterocycles. The van der Waals surface area contributed by atoms with E-state index in [0.717, 1.165) is 33.5 Å². The predicted molar refractivity (Wildman–Crippen MR) is 80.2 cm³/mol. The minimum atomic E-state index is -0.492. The molecule has 4 heteroatoms. The Morgan fingerprint density at radius 1 is 1.32 bits per heavy atom. The third kappa shape index (κ3) is 3.25. The first-order valence-electron chi connectivity index (χ1n) is 6.48. The highest BCUT2D eigenvalue weighted by Gasteiger charge is 2.13. The van der Waals surface area contributed by atoms with Gasteiger partial charge >= 0.3 is 0 Å². The fraction of sp³-hybridized carbons (Fsp3) is 0.400. The van der Waals surface area contributed by atoms with E-state index in [1.165, 1.54) is 0 Å². The van der Waals surface area contributed by atoms with E-state index >= 15 is 0 Å². The summed E-state index contributed by atoms with van der Waals surface area (Å²) in [6, 6.07) is 8.00. The zero-order chi connectivity index (χ0) is 14.0. The lowest BCUT2D eigenvalue weighted by atomic mass is 10.0. The number of hydrogen-bond donors (Lipinski definition) is 1. The van der Waals surface area contributed by atoms with Gasteiger partial charge in [-0.25, -0.2) is 0 Å². The molecule has 0 amide bonds. The molecule has 0 aliphatic heterocycles. The molecule has 0 aliphatic rings. The van der Waals surface area contributed by atoms with Crippen molar-refractivity contribution in [2.75, 3.05) is 0 Å². The summed E-state index contributed by atoms with van der Waals surface area (Å²) < 4.78 is 3.02. The topological polar surface area (TPSA) is 38.0 Å². The normalized spacial score (nSPS) is 12.7. The van der Waals surface area contributed by atoms with E-state index in [1.54, 1.807) is 0 Å². The van der Waals surface area contributed by atoms with E-state index in [0.29, 0.717) is 6.42 Å². The number of rotatable bonds is 4. The first kappa shape index (κ1) is 14.3. The largest absolute Gasteiger partial charge is 0.388 e. The van der Waals surface area contributed by atoms with Crippen LogP contribution in [0, 0.1) is 13.8 Å². The fourth-order valence-electron chi connectivity index (χ4n) is 2.23. The second kappa shape index (κ2) is 5.88. The van der Waals surface area contributed by atoms with Gasteiger partial charge < -0.3 is 5.11 Å². The maximum absolute atomic E-state index is 10.4. The maximum atomic E-state index is 10.4. The highest BCUT2D eigenvalue weighted by atomic mass is 79.9. The first-order chi connectivity index (χ1) is 9.01. The molecule has 1 heterocycles. The Morgan fingerprint density at radius 2 is 2.05 bits per heavy atom. The van der Waals surface area contributed by atoms with Crippen LogP contribution in [0.4, 0.5) is 0 Å². The average Bonchev–Trinajstić information content (AvgIpc) is 2.72. The molecule has 0 spiro atoms. The van der Waals surface area contributed by atoms with Crippen LogP contribution < -0.4 is 0 Å². The van der Waals surface area contributed by atoms with Crippen molar-refractivity contribution in [3.8, 4) is 0 Å². The standard InChI is InChI=1S/C15H19BrN2O/c1-4-18-13(8-11(3)17-18)9-15(19)12-5-6-14(16)10(2)7-12/h5-8,15,19H,4,9H2,1-3H3. The molecular weight excluding hydrogens is 304 g/mol. The summed E-state index contributed by atoms with van der Waals surface area (Å²) in [5.41, 5.74) is 4.16. The smallest absolute Gasteiger partial charge is 0.0845 e. The second-order valence-corrected chi connectivity index (χ2v) is 5.68. The Hall–Kier alpha value is -1.13. The van der Waals surface area contributed by atoms with Crippen LogP contribution in [0.15, 0.2) is 28.7 Å². The maximum Gasteiger partial charge on any atom is 0.0845 e. The minimum Gasteiger partial charge on any atom is -0.388 e. The number of aliphatic hydroxyl groups excluding tert-OH is 1. The molecule has 3 nitrogen and oxygen atoms in total. The van der Waals surface area contributed by atoms with Crippen LogP contribution in [0.3, 0.4) is 0 Å². The molecule has 0 saturated heterocycles. The minimum absolute atomic E-state index is 0.492. The van der Waals surface area contributed by atoms with E-state index in [4.69, 9.17) is 0 Å². The second-order valence-electron chi connectivity index (χ2n) is 4.82.